The number of rotatable bonds is 6. The third kappa shape index (κ3) is 5.49. The highest BCUT2D eigenvalue weighted by Gasteiger charge is 2.21. The number of ether oxygens (including phenoxy) is 2. The van der Waals surface area contributed by atoms with Crippen molar-refractivity contribution in [3.63, 3.8) is 0 Å². The summed E-state index contributed by atoms with van der Waals surface area (Å²) in [4.78, 5) is 36.4. The zero-order valence-corrected chi connectivity index (χ0v) is 15.8. The number of benzene rings is 1. The fraction of sp³-hybridized carbons (Fsp3) is 0.211. The van der Waals surface area contributed by atoms with Gasteiger partial charge < -0.3 is 14.8 Å². The lowest BCUT2D eigenvalue weighted by molar-refractivity contribution is -0.142. The van der Waals surface area contributed by atoms with Crippen LogP contribution in [0.1, 0.15) is 26.4 Å². The maximum Gasteiger partial charge on any atom is 0.341 e. The van der Waals surface area contributed by atoms with Gasteiger partial charge in [0.1, 0.15) is 10.8 Å². The molecule has 0 aliphatic rings. The predicted octanol–water partition coefficient (Wildman–Crippen LogP) is 3.49. The Morgan fingerprint density at radius 1 is 1.26 bits per heavy atom. The summed E-state index contributed by atoms with van der Waals surface area (Å²) in [6.45, 7) is 3.05. The molecule has 0 unspecified atom stereocenters. The van der Waals surface area contributed by atoms with Crippen LogP contribution in [-0.4, -0.2) is 31.6 Å². The van der Waals surface area contributed by atoms with Gasteiger partial charge >= 0.3 is 11.9 Å². The minimum Gasteiger partial charge on any atom is -0.465 e. The highest BCUT2D eigenvalue weighted by atomic mass is 32.1. The van der Waals surface area contributed by atoms with Crippen molar-refractivity contribution in [2.24, 2.45) is 0 Å². The molecule has 8 heteroatoms. The summed E-state index contributed by atoms with van der Waals surface area (Å²) in [6, 6.07) is 5.68. The number of hydrogen-bond acceptors (Lipinski definition) is 6. The first-order valence-corrected chi connectivity index (χ1v) is 8.72. The van der Waals surface area contributed by atoms with Crippen molar-refractivity contribution in [2.75, 3.05) is 19.0 Å². The Bertz CT molecular complexity index is 904. The Balaban J connectivity index is 1.94. The van der Waals surface area contributed by atoms with Gasteiger partial charge in [-0.05, 0) is 43.2 Å². The van der Waals surface area contributed by atoms with Crippen LogP contribution < -0.4 is 5.32 Å². The number of amides is 1. The van der Waals surface area contributed by atoms with Crippen molar-refractivity contribution in [2.45, 2.75) is 13.8 Å². The van der Waals surface area contributed by atoms with Crippen molar-refractivity contribution in [3.8, 4) is 0 Å². The SMILES string of the molecule is COC(=O)c1c(NC(=O)COC(=O)/C=C/c2cccc(F)c2)sc(C)c1C. The number of carbonyl (C=O) groups excluding carboxylic acids is 3. The molecule has 1 aromatic carbocycles. The van der Waals surface area contributed by atoms with E-state index in [0.717, 1.165) is 16.5 Å². The molecule has 6 nitrogen and oxygen atoms in total. The molecule has 0 aliphatic heterocycles. The first-order chi connectivity index (χ1) is 12.8. The lowest BCUT2D eigenvalue weighted by Crippen LogP contribution is -2.21. The molecule has 0 saturated heterocycles. The average molecular weight is 391 g/mol. The van der Waals surface area contributed by atoms with Gasteiger partial charge in [-0.2, -0.15) is 0 Å². The van der Waals surface area contributed by atoms with Crippen molar-refractivity contribution in [3.05, 3.63) is 57.7 Å². The van der Waals surface area contributed by atoms with Gasteiger partial charge in [-0.1, -0.05) is 12.1 Å². The normalized spacial score (nSPS) is 10.7. The second-order valence-electron chi connectivity index (χ2n) is 5.52. The molecule has 0 bridgehead atoms. The van der Waals surface area contributed by atoms with Crippen molar-refractivity contribution in [1.82, 2.24) is 0 Å². The van der Waals surface area contributed by atoms with Crippen LogP contribution in [0, 0.1) is 19.7 Å². The highest BCUT2D eigenvalue weighted by molar-refractivity contribution is 7.16. The van der Waals surface area contributed by atoms with E-state index in [1.54, 1.807) is 13.0 Å². The first kappa shape index (κ1) is 20.3. The van der Waals surface area contributed by atoms with Crippen LogP contribution in [0.15, 0.2) is 30.3 Å². The number of aryl methyl sites for hydroxylation is 1. The van der Waals surface area contributed by atoms with E-state index in [9.17, 15) is 18.8 Å². The summed E-state index contributed by atoms with van der Waals surface area (Å²) in [6.07, 6.45) is 2.48. The molecule has 0 saturated carbocycles. The minimum atomic E-state index is -0.749. The molecule has 1 N–H and O–H groups in total. The number of methoxy groups -OCH3 is 1. The molecule has 0 spiro atoms. The number of anilines is 1. The third-order valence-corrected chi connectivity index (χ3v) is 4.76. The quantitative estimate of drug-likeness (QED) is 0.602. The molecule has 2 aromatic rings. The lowest BCUT2D eigenvalue weighted by Gasteiger charge is -2.06. The first-order valence-electron chi connectivity index (χ1n) is 7.90. The number of nitrogens with one attached hydrogen (secondary N) is 1. The molecule has 0 aliphatic carbocycles. The smallest absolute Gasteiger partial charge is 0.341 e. The summed E-state index contributed by atoms with van der Waals surface area (Å²) in [5, 5.41) is 2.89. The van der Waals surface area contributed by atoms with Gasteiger partial charge in [0.2, 0.25) is 0 Å². The van der Waals surface area contributed by atoms with E-state index in [4.69, 9.17) is 9.47 Å². The summed E-state index contributed by atoms with van der Waals surface area (Å²) >= 11 is 1.23. The maximum atomic E-state index is 13.1. The topological polar surface area (TPSA) is 81.7 Å². The highest BCUT2D eigenvalue weighted by Crippen LogP contribution is 2.32. The van der Waals surface area contributed by atoms with Gasteiger partial charge in [-0.15, -0.1) is 11.3 Å². The Hall–Kier alpha value is -3.00. The number of carbonyl (C=O) groups is 3. The average Bonchev–Trinajstić information content (AvgIpc) is 2.91. The Morgan fingerprint density at radius 3 is 2.67 bits per heavy atom. The zero-order valence-electron chi connectivity index (χ0n) is 15.0. The Morgan fingerprint density at radius 2 is 2.00 bits per heavy atom. The van der Waals surface area contributed by atoms with Crippen LogP contribution >= 0.6 is 11.3 Å². The van der Waals surface area contributed by atoms with Gasteiger partial charge in [-0.25, -0.2) is 14.0 Å². The lowest BCUT2D eigenvalue weighted by atomic mass is 10.1. The van der Waals surface area contributed by atoms with E-state index in [0.29, 0.717) is 10.6 Å². The standard InChI is InChI=1S/C19H18FNO5S/c1-11-12(2)27-18(17(11)19(24)25-3)21-15(22)10-26-16(23)8-7-13-5-4-6-14(20)9-13/h4-9H,10H2,1-3H3,(H,21,22)/b8-7+. The van der Waals surface area contributed by atoms with E-state index in [1.807, 2.05) is 6.92 Å². The van der Waals surface area contributed by atoms with Gasteiger partial charge in [0, 0.05) is 11.0 Å². The molecule has 0 radical (unpaired) electrons. The minimum absolute atomic E-state index is 0.283. The summed E-state index contributed by atoms with van der Waals surface area (Å²) < 4.78 is 22.6. The van der Waals surface area contributed by atoms with Gasteiger partial charge in [0.25, 0.3) is 5.91 Å². The number of thiophene rings is 1. The van der Waals surface area contributed by atoms with Crippen LogP contribution in [0.5, 0.6) is 0 Å². The van der Waals surface area contributed by atoms with Crippen molar-refractivity contribution in [1.29, 1.82) is 0 Å². The summed E-state index contributed by atoms with van der Waals surface area (Å²) in [5.41, 5.74) is 1.49. The van der Waals surface area contributed by atoms with E-state index in [2.05, 4.69) is 5.32 Å². The van der Waals surface area contributed by atoms with Gasteiger partial charge in [0.05, 0.1) is 12.7 Å². The fourth-order valence-corrected chi connectivity index (χ4v) is 3.25. The number of hydrogen-bond donors (Lipinski definition) is 1. The van der Waals surface area contributed by atoms with Crippen molar-refractivity contribution < 1.29 is 28.2 Å². The third-order valence-electron chi connectivity index (χ3n) is 3.63. The number of halogens is 1. The van der Waals surface area contributed by atoms with Gasteiger partial charge in [-0.3, -0.25) is 4.79 Å². The summed E-state index contributed by atoms with van der Waals surface area (Å²) in [5.74, 6) is -2.31. The molecule has 1 amide bonds. The zero-order chi connectivity index (χ0) is 20.0. The van der Waals surface area contributed by atoms with E-state index >= 15 is 0 Å². The Labute approximate surface area is 159 Å². The predicted molar refractivity (Wildman–Crippen MR) is 100 cm³/mol. The monoisotopic (exact) mass is 391 g/mol. The van der Waals surface area contributed by atoms with E-state index in [-0.39, 0.29) is 5.56 Å². The Kier molecular flexibility index (Phi) is 6.84. The van der Waals surface area contributed by atoms with Crippen LogP contribution in [0.4, 0.5) is 9.39 Å². The number of esters is 2. The molecular weight excluding hydrogens is 373 g/mol. The van der Waals surface area contributed by atoms with Crippen LogP contribution in [0.25, 0.3) is 6.08 Å². The maximum absolute atomic E-state index is 13.1. The second kappa shape index (κ2) is 9.09. The summed E-state index contributed by atoms with van der Waals surface area (Å²) in [7, 11) is 1.26. The van der Waals surface area contributed by atoms with Crippen LogP contribution in [-0.2, 0) is 19.1 Å². The molecule has 0 fully saturated rings. The van der Waals surface area contributed by atoms with Crippen LogP contribution in [0.3, 0.4) is 0 Å². The molecule has 2 rings (SSSR count). The molecular formula is C19H18FNO5S. The fourth-order valence-electron chi connectivity index (χ4n) is 2.18. The van der Waals surface area contributed by atoms with Gasteiger partial charge in [0.15, 0.2) is 6.61 Å². The molecule has 0 atom stereocenters. The molecule has 142 valence electrons. The molecule has 27 heavy (non-hydrogen) atoms. The molecule has 1 aromatic heterocycles. The van der Waals surface area contributed by atoms with Crippen LogP contribution in [0.2, 0.25) is 0 Å². The largest absolute Gasteiger partial charge is 0.465 e. The van der Waals surface area contributed by atoms with Crippen molar-refractivity contribution >= 4 is 40.3 Å². The van der Waals surface area contributed by atoms with E-state index < -0.39 is 30.3 Å². The van der Waals surface area contributed by atoms with E-state index in [1.165, 1.54) is 42.7 Å². The second-order valence-corrected chi connectivity index (χ2v) is 6.75. The molecule has 1 heterocycles.